The second-order valence-corrected chi connectivity index (χ2v) is 2.04. The van der Waals surface area contributed by atoms with Crippen molar-refractivity contribution in [2.75, 3.05) is 0 Å². The first-order valence-corrected chi connectivity index (χ1v) is 4.14. The summed E-state index contributed by atoms with van der Waals surface area (Å²) in [4.78, 5) is 11.5. The molecule has 0 unspecified atom stereocenters. The van der Waals surface area contributed by atoms with Crippen molar-refractivity contribution in [1.29, 1.82) is 0 Å². The Morgan fingerprint density at radius 3 is 2.50 bits per heavy atom. The van der Waals surface area contributed by atoms with E-state index in [0.29, 0.717) is 0 Å². The van der Waals surface area contributed by atoms with Crippen molar-refractivity contribution in [3.05, 3.63) is 0 Å². The molecule has 0 aliphatic heterocycles. The van der Waals surface area contributed by atoms with Gasteiger partial charge in [0.2, 0.25) is 8.99 Å². The fourth-order valence-corrected chi connectivity index (χ4v) is 0.514. The molecule has 0 heterocycles. The summed E-state index contributed by atoms with van der Waals surface area (Å²) in [5.74, 6) is 0. The average Bonchev–Trinajstić information content (AvgIpc) is 1.35. The number of rotatable bonds is 1. The summed E-state index contributed by atoms with van der Waals surface area (Å²) >= 11 is 5.04. The van der Waals surface area contributed by atoms with Gasteiger partial charge in [0.05, 0.1) is 0 Å². The van der Waals surface area contributed by atoms with Crippen LogP contribution in [-0.4, -0.2) is 20.2 Å². The van der Waals surface area contributed by atoms with Crippen molar-refractivity contribution < 1.29 is 9.90 Å². The highest BCUT2D eigenvalue weighted by atomic mass is 35.6. The Morgan fingerprint density at radius 2 is 2.50 bits per heavy atom. The van der Waals surface area contributed by atoms with Gasteiger partial charge in [-0.2, -0.15) is 0 Å². The second-order valence-electron chi connectivity index (χ2n) is 0.616. The normalized spacial score (nSPS) is 9.50. The van der Waals surface area contributed by atoms with Gasteiger partial charge < -0.3 is 10.1 Å². The van der Waals surface area contributed by atoms with Gasteiger partial charge in [0.1, 0.15) is 0 Å². The van der Waals surface area contributed by atoms with Crippen molar-refractivity contribution in [3.8, 4) is 0 Å². The molecule has 2 N–H and O–H groups in total. The zero-order chi connectivity index (χ0) is 4.99. The maximum Gasteiger partial charge on any atom is 0.397 e. The first-order chi connectivity index (χ1) is 2.77. The van der Waals surface area contributed by atoms with Crippen molar-refractivity contribution in [3.63, 3.8) is 0 Å². The number of hydrogen-bond donors (Lipinski definition) is 2. The summed E-state index contributed by atoms with van der Waals surface area (Å²) < 4.78 is 0. The van der Waals surface area contributed by atoms with E-state index in [0.717, 1.165) is 0 Å². The number of nitrogens with one attached hydrogen (secondary N) is 1. The van der Waals surface area contributed by atoms with E-state index in [2.05, 4.69) is 0 Å². The van der Waals surface area contributed by atoms with Gasteiger partial charge in [-0.3, -0.25) is 0 Å². The van der Waals surface area contributed by atoms with Crippen LogP contribution in [0.5, 0.6) is 0 Å². The highest BCUT2D eigenvalue weighted by Crippen LogP contribution is 1.59. The number of amides is 1. The van der Waals surface area contributed by atoms with Crippen molar-refractivity contribution in [2.45, 2.75) is 0 Å². The molecule has 0 aromatic carbocycles. The lowest BCUT2D eigenvalue weighted by atomic mass is 11.3. The Hall–Kier alpha value is -0.223. The predicted molar refractivity (Wildman–Crippen MR) is 25.6 cm³/mol. The lowest BCUT2D eigenvalue weighted by molar-refractivity contribution is 0.201. The van der Waals surface area contributed by atoms with Crippen molar-refractivity contribution in [2.24, 2.45) is 0 Å². The lowest BCUT2D eigenvalue weighted by Gasteiger charge is -1.84. The molecule has 0 bridgehead atoms. The molecule has 0 aromatic heterocycles. The molecule has 0 aromatic rings. The standard InChI is InChI=1S/CH4ClNO2Si/c2-6-3-1(4)5/h3H,6H2,(H,4,5). The van der Waals surface area contributed by atoms with Crippen LogP contribution < -0.4 is 4.98 Å². The first kappa shape index (κ1) is 5.78. The summed E-state index contributed by atoms with van der Waals surface area (Å²) in [6, 6.07) is 0. The number of carboxylic acid groups (broad SMARTS) is 1. The Balaban J connectivity index is 2.83. The Morgan fingerprint density at radius 1 is 2.00 bits per heavy atom. The highest BCUT2D eigenvalue weighted by Gasteiger charge is 1.85. The molecule has 0 aliphatic carbocycles. The third-order valence-electron chi connectivity index (χ3n) is 0.218. The van der Waals surface area contributed by atoms with Crippen LogP contribution in [0.2, 0.25) is 0 Å². The van der Waals surface area contributed by atoms with Crippen LogP contribution in [0.25, 0.3) is 0 Å². The Labute approximate surface area is 41.9 Å². The smallest absolute Gasteiger partial charge is 0.397 e. The minimum atomic E-state index is -1.03. The molecule has 36 valence electrons. The van der Waals surface area contributed by atoms with Gasteiger partial charge in [0.15, 0.2) is 0 Å². The molecule has 0 atom stereocenters. The van der Waals surface area contributed by atoms with E-state index in [9.17, 15) is 4.79 Å². The van der Waals surface area contributed by atoms with E-state index in [-0.39, 0.29) is 0 Å². The van der Waals surface area contributed by atoms with E-state index in [4.69, 9.17) is 16.2 Å². The van der Waals surface area contributed by atoms with Crippen LogP contribution in [0, 0.1) is 0 Å². The summed E-state index contributed by atoms with van der Waals surface area (Å²) in [7, 11) is -1.01. The average molecular weight is 126 g/mol. The maximum atomic E-state index is 9.44. The van der Waals surface area contributed by atoms with E-state index in [1.165, 1.54) is 0 Å². The van der Waals surface area contributed by atoms with Gasteiger partial charge in [0.25, 0.3) is 0 Å². The molecule has 0 saturated heterocycles. The molecule has 0 rings (SSSR count). The molecule has 3 nitrogen and oxygen atoms in total. The van der Waals surface area contributed by atoms with E-state index in [1.807, 2.05) is 4.98 Å². The topological polar surface area (TPSA) is 49.3 Å². The number of carbonyl (C=O) groups is 1. The van der Waals surface area contributed by atoms with E-state index >= 15 is 0 Å². The molecule has 0 saturated carbocycles. The molecule has 1 amide bonds. The summed E-state index contributed by atoms with van der Waals surface area (Å²) in [6.07, 6.45) is -1.03. The third-order valence-corrected chi connectivity index (χ3v) is 1.06. The van der Waals surface area contributed by atoms with Gasteiger partial charge >= 0.3 is 6.09 Å². The van der Waals surface area contributed by atoms with Crippen LogP contribution in [0.3, 0.4) is 0 Å². The quantitative estimate of drug-likeness (QED) is 0.367. The van der Waals surface area contributed by atoms with Gasteiger partial charge in [-0.25, -0.2) is 4.79 Å². The molecule has 5 heteroatoms. The van der Waals surface area contributed by atoms with E-state index < -0.39 is 15.1 Å². The largest absolute Gasteiger partial charge is 0.466 e. The van der Waals surface area contributed by atoms with E-state index in [1.54, 1.807) is 0 Å². The third kappa shape index (κ3) is 3.78. The van der Waals surface area contributed by atoms with Crippen LogP contribution >= 0.6 is 11.1 Å². The van der Waals surface area contributed by atoms with Crippen LogP contribution in [0.1, 0.15) is 0 Å². The zero-order valence-corrected chi connectivity index (χ0v) is 5.11. The second kappa shape index (κ2) is 2.99. The first-order valence-electron chi connectivity index (χ1n) is 1.30. The van der Waals surface area contributed by atoms with Crippen molar-refractivity contribution in [1.82, 2.24) is 4.98 Å². The molecule has 0 radical (unpaired) electrons. The maximum absolute atomic E-state index is 9.44. The minimum Gasteiger partial charge on any atom is -0.466 e. The number of halogens is 1. The molecule has 0 fully saturated rings. The zero-order valence-electron chi connectivity index (χ0n) is 2.94. The monoisotopic (exact) mass is 125 g/mol. The fourth-order valence-electron chi connectivity index (χ4n) is 0.0572. The van der Waals surface area contributed by atoms with Gasteiger partial charge in [0, 0.05) is 0 Å². The Bertz CT molecular complexity index is 57.5. The van der Waals surface area contributed by atoms with Crippen LogP contribution in [-0.2, 0) is 0 Å². The van der Waals surface area contributed by atoms with Crippen molar-refractivity contribution >= 4 is 26.2 Å². The summed E-state index contributed by atoms with van der Waals surface area (Å²) in [6.45, 7) is 0. The highest BCUT2D eigenvalue weighted by molar-refractivity contribution is 6.93. The Kier molecular flexibility index (Phi) is 2.88. The molecular formula is CH4ClNO2Si. The SMILES string of the molecule is O=C(O)N[SiH2]Cl. The van der Waals surface area contributed by atoms with Crippen LogP contribution in [0.4, 0.5) is 4.79 Å². The van der Waals surface area contributed by atoms with Gasteiger partial charge in [-0.1, -0.05) is 0 Å². The molecule has 0 aliphatic rings. The predicted octanol–water partition coefficient (Wildman–Crippen LogP) is -0.508. The fraction of sp³-hybridized carbons (Fsp3) is 0. The minimum absolute atomic E-state index is 1.01. The van der Waals surface area contributed by atoms with Crippen LogP contribution in [0.15, 0.2) is 0 Å². The summed E-state index contributed by atoms with van der Waals surface area (Å²) in [5, 5.41) is 7.75. The van der Waals surface area contributed by atoms with Gasteiger partial charge in [-0.05, 0) is 0 Å². The number of hydrogen-bond acceptors (Lipinski definition) is 1. The molecule has 6 heavy (non-hydrogen) atoms. The molecule has 0 spiro atoms. The molecular weight excluding hydrogens is 122 g/mol. The summed E-state index contributed by atoms with van der Waals surface area (Å²) in [5.41, 5.74) is 0. The van der Waals surface area contributed by atoms with Gasteiger partial charge in [-0.15, -0.1) is 11.1 Å². The lowest BCUT2D eigenvalue weighted by Crippen LogP contribution is -2.20.